The summed E-state index contributed by atoms with van der Waals surface area (Å²) in [5.74, 6) is 0.872. The van der Waals surface area contributed by atoms with Gasteiger partial charge in [0.05, 0.1) is 0 Å². The molecule has 0 saturated carbocycles. The van der Waals surface area contributed by atoms with Crippen molar-refractivity contribution >= 4 is 17.5 Å². The summed E-state index contributed by atoms with van der Waals surface area (Å²) in [7, 11) is 0. The van der Waals surface area contributed by atoms with Gasteiger partial charge in [0.1, 0.15) is 5.75 Å². The largest absolute Gasteiger partial charge is 0.480 e. The van der Waals surface area contributed by atoms with Crippen LogP contribution in [0.3, 0.4) is 0 Å². The number of amides is 2. The molecule has 0 aromatic heterocycles. The van der Waals surface area contributed by atoms with E-state index in [9.17, 15) is 9.59 Å². The number of para-hydroxylation sites is 1. The van der Waals surface area contributed by atoms with Gasteiger partial charge < -0.3 is 15.0 Å². The highest BCUT2D eigenvalue weighted by Gasteiger charge is 2.28. The molecule has 2 aromatic rings. The van der Waals surface area contributed by atoms with E-state index in [2.05, 4.69) is 5.32 Å². The van der Waals surface area contributed by atoms with E-state index in [4.69, 9.17) is 4.74 Å². The van der Waals surface area contributed by atoms with Crippen molar-refractivity contribution in [2.24, 2.45) is 0 Å². The maximum absolute atomic E-state index is 12.3. The summed E-state index contributed by atoms with van der Waals surface area (Å²) in [5.41, 5.74) is 2.99. The Labute approximate surface area is 146 Å². The molecule has 0 spiro atoms. The minimum atomic E-state index is -0.459. The van der Waals surface area contributed by atoms with Gasteiger partial charge >= 0.3 is 0 Å². The van der Waals surface area contributed by atoms with Crippen LogP contribution in [0.5, 0.6) is 5.75 Å². The molecule has 2 aliphatic heterocycles. The lowest BCUT2D eigenvalue weighted by Crippen LogP contribution is -2.37. The molecule has 1 atom stereocenters. The maximum Gasteiger partial charge on any atom is 0.261 e. The average Bonchev–Trinajstić information content (AvgIpc) is 3.26. The number of hydrogen-bond donors (Lipinski definition) is 1. The predicted molar refractivity (Wildman–Crippen MR) is 94.4 cm³/mol. The number of ether oxygens (including phenoxy) is 1. The lowest BCUT2D eigenvalue weighted by atomic mass is 10.1. The topological polar surface area (TPSA) is 58.6 Å². The fourth-order valence-electron chi connectivity index (χ4n) is 3.35. The first-order chi connectivity index (χ1) is 12.2. The van der Waals surface area contributed by atoms with Crippen molar-refractivity contribution in [1.29, 1.82) is 0 Å². The van der Waals surface area contributed by atoms with Crippen molar-refractivity contribution in [3.63, 3.8) is 0 Å². The third-order valence-electron chi connectivity index (χ3n) is 4.73. The number of benzene rings is 2. The first kappa shape index (κ1) is 15.7. The third-order valence-corrected chi connectivity index (χ3v) is 4.73. The van der Waals surface area contributed by atoms with Gasteiger partial charge in [-0.05, 0) is 35.7 Å². The fourth-order valence-corrected chi connectivity index (χ4v) is 3.35. The number of nitrogens with one attached hydrogen (secondary N) is 1. The van der Waals surface area contributed by atoms with Gasteiger partial charge in [-0.3, -0.25) is 9.59 Å². The SMILES string of the molecule is O=C(NCc1ccc(N2CCCC2=O)cc1)[C@H]1Cc2ccccc2O1. The highest BCUT2D eigenvalue weighted by Crippen LogP contribution is 2.28. The van der Waals surface area contributed by atoms with Crippen LogP contribution >= 0.6 is 0 Å². The number of carbonyl (C=O) groups is 2. The van der Waals surface area contributed by atoms with E-state index in [0.29, 0.717) is 19.4 Å². The van der Waals surface area contributed by atoms with E-state index < -0.39 is 6.10 Å². The number of carbonyl (C=O) groups excluding carboxylic acids is 2. The van der Waals surface area contributed by atoms with E-state index in [1.54, 1.807) is 0 Å². The summed E-state index contributed by atoms with van der Waals surface area (Å²) in [6.45, 7) is 1.23. The minimum absolute atomic E-state index is 0.102. The van der Waals surface area contributed by atoms with E-state index in [0.717, 1.165) is 35.5 Å². The molecular formula is C20H20N2O3. The first-order valence-corrected chi connectivity index (χ1v) is 8.62. The molecular weight excluding hydrogens is 316 g/mol. The molecule has 5 heteroatoms. The minimum Gasteiger partial charge on any atom is -0.480 e. The molecule has 1 fully saturated rings. The molecule has 1 N–H and O–H groups in total. The summed E-state index contributed by atoms with van der Waals surface area (Å²) in [5, 5.41) is 2.93. The van der Waals surface area contributed by atoms with Crippen molar-refractivity contribution in [1.82, 2.24) is 5.32 Å². The standard InChI is InChI=1S/C20H20N2O3/c23-19-6-3-11-22(19)16-9-7-14(8-10-16)13-21-20(24)18-12-15-4-1-2-5-17(15)25-18/h1-2,4-5,7-10,18H,3,6,11-13H2,(H,21,24)/t18-/m1/s1. The lowest BCUT2D eigenvalue weighted by molar-refractivity contribution is -0.127. The number of hydrogen-bond acceptors (Lipinski definition) is 3. The quantitative estimate of drug-likeness (QED) is 0.933. The van der Waals surface area contributed by atoms with Crippen LogP contribution in [0.25, 0.3) is 0 Å². The number of anilines is 1. The number of rotatable bonds is 4. The number of fused-ring (bicyclic) bond motifs is 1. The molecule has 0 unspecified atom stereocenters. The zero-order valence-electron chi connectivity index (χ0n) is 13.9. The molecule has 2 amide bonds. The molecule has 2 aliphatic rings. The van der Waals surface area contributed by atoms with Gasteiger partial charge in [-0.2, -0.15) is 0 Å². The van der Waals surface area contributed by atoms with Gasteiger partial charge in [-0.1, -0.05) is 30.3 Å². The zero-order chi connectivity index (χ0) is 17.2. The smallest absolute Gasteiger partial charge is 0.261 e. The van der Waals surface area contributed by atoms with Crippen molar-refractivity contribution in [3.05, 3.63) is 59.7 Å². The summed E-state index contributed by atoms with van der Waals surface area (Å²) >= 11 is 0. The fraction of sp³-hybridized carbons (Fsp3) is 0.300. The van der Waals surface area contributed by atoms with Crippen molar-refractivity contribution < 1.29 is 14.3 Å². The summed E-state index contributed by atoms with van der Waals surface area (Å²) in [6.07, 6.45) is 1.69. The van der Waals surface area contributed by atoms with Crippen LogP contribution in [0.1, 0.15) is 24.0 Å². The highest BCUT2D eigenvalue weighted by atomic mass is 16.5. The second-order valence-electron chi connectivity index (χ2n) is 6.45. The second kappa shape index (κ2) is 6.59. The Kier molecular flexibility index (Phi) is 4.14. The monoisotopic (exact) mass is 336 g/mol. The van der Waals surface area contributed by atoms with Crippen molar-refractivity contribution in [2.45, 2.75) is 31.9 Å². The Morgan fingerprint density at radius 1 is 1.16 bits per heavy atom. The Morgan fingerprint density at radius 2 is 1.96 bits per heavy atom. The number of nitrogens with zero attached hydrogens (tertiary/aromatic N) is 1. The van der Waals surface area contributed by atoms with Crippen molar-refractivity contribution in [2.75, 3.05) is 11.4 Å². The Balaban J connectivity index is 1.33. The Morgan fingerprint density at radius 3 is 2.68 bits per heavy atom. The molecule has 0 radical (unpaired) electrons. The van der Waals surface area contributed by atoms with Crippen molar-refractivity contribution in [3.8, 4) is 5.75 Å². The molecule has 2 aromatic carbocycles. The Hall–Kier alpha value is -2.82. The average molecular weight is 336 g/mol. The van der Waals surface area contributed by atoms with E-state index >= 15 is 0 Å². The van der Waals surface area contributed by atoms with Gasteiger partial charge in [0.2, 0.25) is 5.91 Å². The molecule has 1 saturated heterocycles. The molecule has 2 heterocycles. The van der Waals surface area contributed by atoms with Gasteiger partial charge in [0, 0.05) is 31.6 Å². The van der Waals surface area contributed by atoms with Crippen LogP contribution in [-0.4, -0.2) is 24.5 Å². The van der Waals surface area contributed by atoms with Gasteiger partial charge in [0.25, 0.3) is 5.91 Å². The molecule has 5 nitrogen and oxygen atoms in total. The summed E-state index contributed by atoms with van der Waals surface area (Å²) < 4.78 is 5.70. The van der Waals surface area contributed by atoms with E-state index in [1.165, 1.54) is 0 Å². The molecule has 0 bridgehead atoms. The highest BCUT2D eigenvalue weighted by molar-refractivity contribution is 5.95. The van der Waals surface area contributed by atoms with Crippen LogP contribution in [-0.2, 0) is 22.6 Å². The Bertz CT molecular complexity index is 776. The molecule has 128 valence electrons. The van der Waals surface area contributed by atoms with Gasteiger partial charge in [-0.15, -0.1) is 0 Å². The second-order valence-corrected chi connectivity index (χ2v) is 6.45. The summed E-state index contributed by atoms with van der Waals surface area (Å²) in [6, 6.07) is 15.5. The van der Waals surface area contributed by atoms with Crippen LogP contribution in [0.15, 0.2) is 48.5 Å². The molecule has 25 heavy (non-hydrogen) atoms. The zero-order valence-corrected chi connectivity index (χ0v) is 13.9. The van der Waals surface area contributed by atoms with E-state index in [-0.39, 0.29) is 11.8 Å². The summed E-state index contributed by atoms with van der Waals surface area (Å²) in [4.78, 5) is 25.9. The van der Waals surface area contributed by atoms with Gasteiger partial charge in [0.15, 0.2) is 6.10 Å². The van der Waals surface area contributed by atoms with Crippen LogP contribution in [0, 0.1) is 0 Å². The van der Waals surface area contributed by atoms with E-state index in [1.807, 2.05) is 53.4 Å². The first-order valence-electron chi connectivity index (χ1n) is 8.62. The maximum atomic E-state index is 12.3. The third kappa shape index (κ3) is 3.22. The lowest BCUT2D eigenvalue weighted by Gasteiger charge is -2.16. The molecule has 0 aliphatic carbocycles. The van der Waals surface area contributed by atoms with Crippen LogP contribution < -0.4 is 15.0 Å². The predicted octanol–water partition coefficient (Wildman–Crippen LogP) is 2.43. The van der Waals surface area contributed by atoms with Crippen LogP contribution in [0.2, 0.25) is 0 Å². The van der Waals surface area contributed by atoms with Crippen LogP contribution in [0.4, 0.5) is 5.69 Å². The van der Waals surface area contributed by atoms with Gasteiger partial charge in [-0.25, -0.2) is 0 Å². The molecule has 4 rings (SSSR count). The normalized spacial score (nSPS) is 18.8.